The van der Waals surface area contributed by atoms with Crippen LogP contribution in [-0.2, 0) is 4.74 Å². The normalized spacial score (nSPS) is 18.0. The van der Waals surface area contributed by atoms with Crippen LogP contribution in [0.3, 0.4) is 0 Å². The van der Waals surface area contributed by atoms with E-state index in [0.29, 0.717) is 0 Å². The first-order valence-electron chi connectivity index (χ1n) is 1.08. The number of hydrogen-bond donors (Lipinski definition) is 0. The molecule has 4 heavy (non-hydrogen) atoms. The van der Waals surface area contributed by atoms with Crippen LogP contribution < -0.4 is 0 Å². The van der Waals surface area contributed by atoms with Crippen LogP contribution >= 0.6 is 0 Å². The van der Waals surface area contributed by atoms with Crippen LogP contribution in [0, 0.1) is 0 Å². The molecule has 20 valence electrons. The van der Waals surface area contributed by atoms with Crippen LogP contribution in [0.1, 0.15) is 0 Å². The van der Waals surface area contributed by atoms with E-state index < -0.39 is 0 Å². The molecule has 1 saturated heterocycles. The number of hydrogen-bond acceptors (Lipinski definition) is 1. The van der Waals surface area contributed by atoms with Gasteiger partial charge in [-0.1, -0.05) is 0 Å². The van der Waals surface area contributed by atoms with Crippen molar-refractivity contribution in [1.82, 2.24) is 0 Å². The van der Waals surface area contributed by atoms with Gasteiger partial charge in [0.1, 0.15) is 0 Å². The van der Waals surface area contributed by atoms with Crippen molar-refractivity contribution in [2.24, 2.45) is 0 Å². The fraction of sp³-hybridized carbons (Fsp3) is 1.00. The first kappa shape index (κ1) is 5.60. The Bertz CT molecular complexity index is 10.8. The summed E-state index contributed by atoms with van der Waals surface area (Å²) >= 11 is 0. The van der Waals surface area contributed by atoms with E-state index in [2.05, 4.69) is 4.74 Å². The molecular weight excluding hydrogens is 79.1 g/mol. The molecule has 0 N–H and O–H groups in total. The van der Waals surface area contributed by atoms with Gasteiger partial charge in [0.2, 0.25) is 0 Å². The molecule has 1 fully saturated rings. The fourth-order valence-corrected chi connectivity index (χ4v) is 0. The molecule has 0 aromatic carbocycles. The van der Waals surface area contributed by atoms with E-state index in [-0.39, 0.29) is 51.4 Å². The Kier molecular flexibility index (Phi) is 3.94. The third-order valence-corrected chi connectivity index (χ3v) is 0.204. The van der Waals surface area contributed by atoms with E-state index in [4.69, 9.17) is 0 Å². The summed E-state index contributed by atoms with van der Waals surface area (Å²) in [5.74, 6) is 0. The molecule has 1 aliphatic heterocycles. The number of epoxide rings is 1. The average Bonchev–Trinajstić information content (AvgIpc) is 1.46. The van der Waals surface area contributed by atoms with E-state index in [1.807, 2.05) is 0 Å². The van der Waals surface area contributed by atoms with Gasteiger partial charge in [-0.15, -0.1) is 0 Å². The van der Waals surface area contributed by atoms with Crippen molar-refractivity contribution < 1.29 is 4.74 Å². The quantitative estimate of drug-likeness (QED) is 0.281. The van der Waals surface area contributed by atoms with Gasteiger partial charge in [-0.25, -0.2) is 0 Å². The molecular formula is C2H5KO. The molecule has 0 aliphatic carbocycles. The topological polar surface area (TPSA) is 12.5 Å². The molecule has 0 unspecified atom stereocenters. The second-order valence-electron chi connectivity index (χ2n) is 0.612. The van der Waals surface area contributed by atoms with Gasteiger partial charge < -0.3 is 4.74 Å². The second kappa shape index (κ2) is 2.81. The summed E-state index contributed by atoms with van der Waals surface area (Å²) in [6, 6.07) is 0. The third-order valence-electron chi connectivity index (χ3n) is 0.204. The molecule has 0 spiro atoms. The van der Waals surface area contributed by atoms with E-state index in [9.17, 15) is 0 Å². The zero-order valence-corrected chi connectivity index (χ0v) is 1.82. The standard InChI is InChI=1S/C2H4O.K.H/c1-2-3-1;;/h1-2H2;;. The van der Waals surface area contributed by atoms with Crippen molar-refractivity contribution >= 4 is 51.4 Å². The third kappa shape index (κ3) is 3.60. The van der Waals surface area contributed by atoms with Crippen LogP contribution in [-0.4, -0.2) is 64.6 Å². The van der Waals surface area contributed by atoms with Crippen molar-refractivity contribution in [1.29, 1.82) is 0 Å². The minimum atomic E-state index is 0. The number of ether oxygens (including phenoxy) is 1. The average molecular weight is 84.2 g/mol. The van der Waals surface area contributed by atoms with Crippen LogP contribution in [0.2, 0.25) is 0 Å². The summed E-state index contributed by atoms with van der Waals surface area (Å²) in [4.78, 5) is 0. The molecule has 2 heteroatoms. The van der Waals surface area contributed by atoms with Crippen molar-refractivity contribution in [3.05, 3.63) is 0 Å². The molecule has 0 radical (unpaired) electrons. The Hall–Kier alpha value is 1.60. The van der Waals surface area contributed by atoms with Crippen LogP contribution in [0.5, 0.6) is 0 Å². The Morgan fingerprint density at radius 2 is 1.50 bits per heavy atom. The van der Waals surface area contributed by atoms with Gasteiger partial charge in [0.25, 0.3) is 0 Å². The number of rotatable bonds is 0. The van der Waals surface area contributed by atoms with Crippen molar-refractivity contribution in [3.63, 3.8) is 0 Å². The van der Waals surface area contributed by atoms with Crippen molar-refractivity contribution in [3.8, 4) is 0 Å². The molecule has 0 saturated carbocycles. The molecule has 1 heterocycles. The Morgan fingerprint density at radius 3 is 1.50 bits per heavy atom. The predicted molar refractivity (Wildman–Crippen MR) is 18.0 cm³/mol. The summed E-state index contributed by atoms with van der Waals surface area (Å²) in [6.45, 7) is 2.00. The molecule has 1 rings (SSSR count). The molecule has 0 aromatic heterocycles. The first-order valence-corrected chi connectivity index (χ1v) is 1.08. The van der Waals surface area contributed by atoms with Gasteiger partial charge in [-0.2, -0.15) is 0 Å². The summed E-state index contributed by atoms with van der Waals surface area (Å²) < 4.78 is 4.50. The van der Waals surface area contributed by atoms with Gasteiger partial charge in [-0.05, 0) is 0 Å². The predicted octanol–water partition coefficient (Wildman–Crippen LogP) is -0.632. The molecule has 1 nitrogen and oxygen atoms in total. The second-order valence-corrected chi connectivity index (χ2v) is 0.612. The Balaban J connectivity index is 0.0000000900. The first-order chi connectivity index (χ1) is 1.50. The molecule has 0 aromatic rings. The maximum atomic E-state index is 4.50. The summed E-state index contributed by atoms with van der Waals surface area (Å²) in [6.07, 6.45) is 0. The SMILES string of the molecule is C1CO1.[KH]. The van der Waals surface area contributed by atoms with Gasteiger partial charge >= 0.3 is 51.4 Å². The fourth-order valence-electron chi connectivity index (χ4n) is 0. The van der Waals surface area contributed by atoms with Gasteiger partial charge in [0, 0.05) is 0 Å². The van der Waals surface area contributed by atoms with E-state index >= 15 is 0 Å². The van der Waals surface area contributed by atoms with E-state index in [0.717, 1.165) is 13.2 Å². The molecule has 0 atom stereocenters. The summed E-state index contributed by atoms with van der Waals surface area (Å²) in [5, 5.41) is 0. The van der Waals surface area contributed by atoms with Crippen LogP contribution in [0.4, 0.5) is 0 Å². The molecule has 0 amide bonds. The Labute approximate surface area is 68.1 Å². The summed E-state index contributed by atoms with van der Waals surface area (Å²) in [5.41, 5.74) is 0. The van der Waals surface area contributed by atoms with Crippen LogP contribution in [0.15, 0.2) is 0 Å². The van der Waals surface area contributed by atoms with Gasteiger partial charge in [-0.3, -0.25) is 0 Å². The van der Waals surface area contributed by atoms with E-state index in [1.165, 1.54) is 0 Å². The maximum absolute atomic E-state index is 4.50. The van der Waals surface area contributed by atoms with Crippen molar-refractivity contribution in [2.75, 3.05) is 13.2 Å². The molecule has 1 aliphatic rings. The van der Waals surface area contributed by atoms with Gasteiger partial charge in [0.15, 0.2) is 0 Å². The van der Waals surface area contributed by atoms with Gasteiger partial charge in [0.05, 0.1) is 13.2 Å². The molecule has 0 bridgehead atoms. The zero-order chi connectivity index (χ0) is 2.12. The summed E-state index contributed by atoms with van der Waals surface area (Å²) in [7, 11) is 0. The van der Waals surface area contributed by atoms with E-state index in [1.54, 1.807) is 0 Å². The Morgan fingerprint density at radius 1 is 1.25 bits per heavy atom. The monoisotopic (exact) mass is 84.0 g/mol. The van der Waals surface area contributed by atoms with Crippen LogP contribution in [0.25, 0.3) is 0 Å². The zero-order valence-electron chi connectivity index (χ0n) is 1.82. The van der Waals surface area contributed by atoms with Crippen molar-refractivity contribution in [2.45, 2.75) is 0 Å². The minimum absolute atomic E-state index is 0.